The molecule has 1 aromatic carbocycles. The molecule has 0 aliphatic rings. The number of rotatable bonds is 6. The van der Waals surface area contributed by atoms with Gasteiger partial charge in [0.1, 0.15) is 0 Å². The Bertz CT molecular complexity index is 813. The van der Waals surface area contributed by atoms with Gasteiger partial charge in [-0.3, -0.25) is 4.18 Å². The van der Waals surface area contributed by atoms with Crippen LogP contribution in [0.25, 0.3) is 0 Å². The Morgan fingerprint density at radius 3 is 2.09 bits per heavy atom. The zero-order valence-corrected chi connectivity index (χ0v) is 15.4. The lowest BCUT2D eigenvalue weighted by atomic mass is 10.00. The smallest absolute Gasteiger partial charge is 0.252 e. The van der Waals surface area contributed by atoms with Gasteiger partial charge in [0.2, 0.25) is 10.0 Å². The molecule has 0 aliphatic carbocycles. The molecule has 0 amide bonds. The summed E-state index contributed by atoms with van der Waals surface area (Å²) in [6.45, 7) is 6.39. The van der Waals surface area contributed by atoms with E-state index in [9.17, 15) is 16.8 Å². The first-order valence-corrected chi connectivity index (χ1v) is 10.1. The monoisotopic (exact) mass is 359 g/mol. The number of nitrogens with one attached hydrogen (secondary N) is 1. The fourth-order valence-corrected chi connectivity index (χ4v) is 3.86. The fourth-order valence-electron chi connectivity index (χ4n) is 1.81. The minimum absolute atomic E-state index is 0.0822. The van der Waals surface area contributed by atoms with Gasteiger partial charge in [-0.05, 0) is 39.8 Å². The van der Waals surface area contributed by atoms with E-state index in [-0.39, 0.29) is 4.90 Å². The van der Waals surface area contributed by atoms with Crippen molar-refractivity contribution in [1.29, 1.82) is 0 Å². The van der Waals surface area contributed by atoms with Crippen LogP contribution in [0, 0.1) is 18.8 Å². The van der Waals surface area contributed by atoms with E-state index in [0.29, 0.717) is 0 Å². The van der Waals surface area contributed by atoms with Crippen LogP contribution in [0.3, 0.4) is 0 Å². The third-order valence-electron chi connectivity index (χ3n) is 2.93. The Labute approximate surface area is 138 Å². The van der Waals surface area contributed by atoms with E-state index in [0.717, 1.165) is 11.8 Å². The minimum Gasteiger partial charge on any atom is -0.252 e. The van der Waals surface area contributed by atoms with E-state index in [1.165, 1.54) is 32.9 Å². The van der Waals surface area contributed by atoms with Crippen LogP contribution in [0.15, 0.2) is 29.2 Å². The SMILES string of the molecule is CC#CC(OS(C)(=O)=O)C(C)(C)NS(=O)(=O)c1ccc(C)cc1. The maximum atomic E-state index is 12.5. The molecule has 0 aromatic heterocycles. The van der Waals surface area contributed by atoms with Crippen molar-refractivity contribution in [2.75, 3.05) is 6.26 Å². The number of sulfonamides is 1. The third-order valence-corrected chi connectivity index (χ3v) is 5.16. The van der Waals surface area contributed by atoms with Gasteiger partial charge in [-0.15, -0.1) is 5.92 Å². The first kappa shape index (κ1) is 19.6. The Hall–Kier alpha value is -1.40. The average molecular weight is 359 g/mol. The van der Waals surface area contributed by atoms with Crippen LogP contribution in [0.4, 0.5) is 0 Å². The van der Waals surface area contributed by atoms with Crippen molar-refractivity contribution in [3.8, 4) is 11.8 Å². The highest BCUT2D eigenvalue weighted by atomic mass is 32.2. The average Bonchev–Trinajstić information content (AvgIpc) is 2.36. The number of hydrogen-bond acceptors (Lipinski definition) is 5. The molecule has 1 unspecified atom stereocenters. The molecule has 0 radical (unpaired) electrons. The summed E-state index contributed by atoms with van der Waals surface area (Å²) in [6, 6.07) is 6.31. The predicted octanol–water partition coefficient (Wildman–Crippen LogP) is 1.42. The second-order valence-electron chi connectivity index (χ2n) is 5.71. The second-order valence-corrected chi connectivity index (χ2v) is 9.00. The summed E-state index contributed by atoms with van der Waals surface area (Å²) in [7, 11) is -7.64. The van der Waals surface area contributed by atoms with Crippen molar-refractivity contribution in [3.63, 3.8) is 0 Å². The maximum absolute atomic E-state index is 12.5. The van der Waals surface area contributed by atoms with Gasteiger partial charge in [0, 0.05) is 0 Å². The van der Waals surface area contributed by atoms with Gasteiger partial charge in [-0.25, -0.2) is 13.1 Å². The molecule has 0 spiro atoms. The van der Waals surface area contributed by atoms with Crippen LogP contribution < -0.4 is 4.72 Å². The molecule has 23 heavy (non-hydrogen) atoms. The second kappa shape index (κ2) is 7.01. The Balaban J connectivity index is 3.14. The molecule has 1 atom stereocenters. The molecule has 0 saturated carbocycles. The molecule has 0 fully saturated rings. The van der Waals surface area contributed by atoms with Crippen molar-refractivity contribution >= 4 is 20.1 Å². The van der Waals surface area contributed by atoms with Crippen LogP contribution in [-0.2, 0) is 24.3 Å². The number of benzene rings is 1. The van der Waals surface area contributed by atoms with E-state index >= 15 is 0 Å². The molecule has 6 nitrogen and oxygen atoms in total. The predicted molar refractivity (Wildman–Crippen MR) is 88.7 cm³/mol. The molecule has 1 aromatic rings. The highest BCUT2D eigenvalue weighted by molar-refractivity contribution is 7.89. The van der Waals surface area contributed by atoms with E-state index in [4.69, 9.17) is 4.18 Å². The van der Waals surface area contributed by atoms with Crippen LogP contribution in [-0.4, -0.2) is 34.7 Å². The third kappa shape index (κ3) is 5.95. The quantitative estimate of drug-likeness (QED) is 0.613. The summed E-state index contributed by atoms with van der Waals surface area (Å²) in [4.78, 5) is 0.0822. The first-order valence-electron chi connectivity index (χ1n) is 6.78. The Kier molecular flexibility index (Phi) is 5.99. The topological polar surface area (TPSA) is 89.5 Å². The van der Waals surface area contributed by atoms with E-state index in [2.05, 4.69) is 16.6 Å². The van der Waals surface area contributed by atoms with Gasteiger partial charge < -0.3 is 0 Å². The van der Waals surface area contributed by atoms with E-state index < -0.39 is 31.8 Å². The maximum Gasteiger partial charge on any atom is 0.265 e. The lowest BCUT2D eigenvalue weighted by molar-refractivity contribution is 0.177. The van der Waals surface area contributed by atoms with Crippen LogP contribution in [0.1, 0.15) is 26.3 Å². The zero-order chi connectivity index (χ0) is 17.9. The summed E-state index contributed by atoms with van der Waals surface area (Å²) in [5.74, 6) is 5.14. The van der Waals surface area contributed by atoms with Crippen LogP contribution >= 0.6 is 0 Å². The minimum atomic E-state index is -3.85. The largest absolute Gasteiger partial charge is 0.265 e. The number of hydrogen-bond donors (Lipinski definition) is 1. The number of aryl methyl sites for hydroxylation is 1. The lowest BCUT2D eigenvalue weighted by Crippen LogP contribution is -2.53. The van der Waals surface area contributed by atoms with Crippen molar-refractivity contribution < 1.29 is 21.0 Å². The summed E-state index contributed by atoms with van der Waals surface area (Å²) in [6.07, 6.45) is -0.259. The zero-order valence-electron chi connectivity index (χ0n) is 13.7. The Morgan fingerprint density at radius 2 is 1.65 bits per heavy atom. The van der Waals surface area contributed by atoms with Crippen molar-refractivity contribution in [2.24, 2.45) is 0 Å². The molecule has 8 heteroatoms. The Morgan fingerprint density at radius 1 is 1.13 bits per heavy atom. The lowest BCUT2D eigenvalue weighted by Gasteiger charge is -2.30. The molecule has 0 saturated heterocycles. The molecular formula is C15H21NO5S2. The van der Waals surface area contributed by atoms with Gasteiger partial charge in [-0.2, -0.15) is 8.42 Å². The summed E-state index contributed by atoms with van der Waals surface area (Å²) in [5.41, 5.74) is -0.325. The van der Waals surface area contributed by atoms with Gasteiger partial charge in [0.15, 0.2) is 6.10 Å². The highest BCUT2D eigenvalue weighted by Gasteiger charge is 2.36. The normalized spacial score (nSPS) is 14.0. The molecule has 1 rings (SSSR count). The summed E-state index contributed by atoms with van der Waals surface area (Å²) in [5, 5.41) is 0. The van der Waals surface area contributed by atoms with Gasteiger partial charge in [-0.1, -0.05) is 23.6 Å². The van der Waals surface area contributed by atoms with Crippen molar-refractivity contribution in [2.45, 2.75) is 44.2 Å². The van der Waals surface area contributed by atoms with Gasteiger partial charge >= 0.3 is 0 Å². The molecule has 1 N–H and O–H groups in total. The molecule has 128 valence electrons. The van der Waals surface area contributed by atoms with Crippen molar-refractivity contribution in [1.82, 2.24) is 4.72 Å². The van der Waals surface area contributed by atoms with Crippen molar-refractivity contribution in [3.05, 3.63) is 29.8 Å². The first-order chi connectivity index (χ1) is 10.4. The standard InChI is InChI=1S/C15H21NO5S2/c1-6-7-14(21-22(5,17)18)15(3,4)16-23(19,20)13-10-8-12(2)9-11-13/h8-11,14,16H,1-5H3. The van der Waals surface area contributed by atoms with Gasteiger partial charge in [0.25, 0.3) is 10.1 Å². The fraction of sp³-hybridized carbons (Fsp3) is 0.467. The molecule has 0 heterocycles. The summed E-state index contributed by atoms with van der Waals surface area (Å²) < 4.78 is 55.0. The molecule has 0 bridgehead atoms. The van der Waals surface area contributed by atoms with Crippen LogP contribution in [0.2, 0.25) is 0 Å². The molecule has 0 aliphatic heterocycles. The van der Waals surface area contributed by atoms with Gasteiger partial charge in [0.05, 0.1) is 16.7 Å². The van der Waals surface area contributed by atoms with E-state index in [1.807, 2.05) is 6.92 Å². The molecular weight excluding hydrogens is 338 g/mol. The highest BCUT2D eigenvalue weighted by Crippen LogP contribution is 2.19. The van der Waals surface area contributed by atoms with Crippen LogP contribution in [0.5, 0.6) is 0 Å². The van der Waals surface area contributed by atoms with E-state index in [1.54, 1.807) is 12.1 Å². The summed E-state index contributed by atoms with van der Waals surface area (Å²) >= 11 is 0.